The van der Waals surface area contributed by atoms with Crippen LogP contribution in [0.25, 0.3) is 0 Å². The van der Waals surface area contributed by atoms with Crippen molar-refractivity contribution < 1.29 is 4.74 Å². The molecule has 5 heteroatoms. The van der Waals surface area contributed by atoms with Gasteiger partial charge >= 0.3 is 0 Å². The summed E-state index contributed by atoms with van der Waals surface area (Å²) in [4.78, 5) is 0. The van der Waals surface area contributed by atoms with Crippen molar-refractivity contribution in [1.29, 1.82) is 0 Å². The smallest absolute Gasteiger partial charge is 0.122 e. The van der Waals surface area contributed by atoms with Crippen molar-refractivity contribution in [3.05, 3.63) is 27.7 Å². The molecule has 15 heavy (non-hydrogen) atoms. The van der Waals surface area contributed by atoms with Crippen molar-refractivity contribution in [2.45, 2.75) is 18.4 Å². The molecule has 0 radical (unpaired) electrons. The molecule has 2 N–H and O–H groups in total. The molecule has 0 saturated heterocycles. The van der Waals surface area contributed by atoms with Gasteiger partial charge in [-0.15, -0.1) is 12.4 Å². The highest BCUT2D eigenvalue weighted by atomic mass is 79.9. The number of ether oxygens (including phenoxy) is 1. The number of halogens is 3. The highest BCUT2D eigenvalue weighted by molar-refractivity contribution is 9.10. The average Bonchev–Trinajstić information content (AvgIpc) is 2.80. The lowest BCUT2D eigenvalue weighted by Gasteiger charge is -2.11. The summed E-state index contributed by atoms with van der Waals surface area (Å²) in [5.41, 5.74) is 5.81. The Balaban J connectivity index is 0.00000112. The molecule has 1 aromatic carbocycles. The lowest BCUT2D eigenvalue weighted by Crippen LogP contribution is -2.29. The highest BCUT2D eigenvalue weighted by Crippen LogP contribution is 2.33. The quantitative estimate of drug-likeness (QED) is 0.928. The molecule has 1 aliphatic carbocycles. The predicted octanol–water partition coefficient (Wildman–Crippen LogP) is 3.39. The van der Waals surface area contributed by atoms with Crippen molar-refractivity contribution in [1.82, 2.24) is 0 Å². The van der Waals surface area contributed by atoms with Crippen LogP contribution in [0.1, 0.15) is 12.8 Å². The first-order valence-corrected chi connectivity index (χ1v) is 5.62. The molecule has 2 nitrogen and oxygen atoms in total. The molecule has 2 rings (SSSR count). The standard InChI is InChI=1S/C10H11BrClNO.ClH/c11-7-3-8(12)5-9(4-7)14-6-10(13)1-2-10;/h3-5H,1-2,6,13H2;1H. The van der Waals surface area contributed by atoms with Gasteiger partial charge in [0.25, 0.3) is 0 Å². The van der Waals surface area contributed by atoms with E-state index in [1.807, 2.05) is 12.1 Å². The molecule has 0 aliphatic heterocycles. The zero-order valence-corrected chi connectivity index (χ0v) is 11.2. The van der Waals surface area contributed by atoms with Crippen LogP contribution >= 0.6 is 39.9 Å². The molecule has 0 amide bonds. The van der Waals surface area contributed by atoms with E-state index in [-0.39, 0.29) is 17.9 Å². The lowest BCUT2D eigenvalue weighted by atomic mass is 10.3. The third-order valence-electron chi connectivity index (χ3n) is 2.25. The molecule has 1 aromatic rings. The van der Waals surface area contributed by atoms with Gasteiger partial charge in [-0.1, -0.05) is 27.5 Å². The van der Waals surface area contributed by atoms with Gasteiger partial charge in [0.1, 0.15) is 12.4 Å². The number of benzene rings is 1. The van der Waals surface area contributed by atoms with E-state index in [1.165, 1.54) is 0 Å². The van der Waals surface area contributed by atoms with E-state index in [0.717, 1.165) is 23.1 Å². The van der Waals surface area contributed by atoms with Gasteiger partial charge in [0.2, 0.25) is 0 Å². The Morgan fingerprint density at radius 3 is 2.60 bits per heavy atom. The Hall–Kier alpha value is 0.0400. The zero-order valence-electron chi connectivity index (χ0n) is 8.00. The van der Waals surface area contributed by atoms with Crippen LogP contribution in [0.2, 0.25) is 5.02 Å². The molecule has 1 saturated carbocycles. The summed E-state index contributed by atoms with van der Waals surface area (Å²) in [6, 6.07) is 5.50. The SMILES string of the molecule is Cl.NC1(COc2cc(Cl)cc(Br)c2)CC1. The third-order valence-corrected chi connectivity index (χ3v) is 2.93. The second-order valence-electron chi connectivity index (χ2n) is 3.76. The Labute approximate surface area is 109 Å². The van der Waals surface area contributed by atoms with Crippen LogP contribution in [0.15, 0.2) is 22.7 Å². The highest BCUT2D eigenvalue weighted by Gasteiger charge is 2.39. The molecular weight excluding hydrogens is 301 g/mol. The van der Waals surface area contributed by atoms with Crippen LogP contribution in [0.4, 0.5) is 0 Å². The van der Waals surface area contributed by atoms with E-state index in [0.29, 0.717) is 11.6 Å². The summed E-state index contributed by atoms with van der Waals surface area (Å²) in [5, 5.41) is 0.663. The third kappa shape index (κ3) is 3.83. The first-order chi connectivity index (χ1) is 6.57. The second-order valence-corrected chi connectivity index (χ2v) is 5.11. The number of rotatable bonds is 3. The van der Waals surface area contributed by atoms with Crippen LogP contribution in [0.3, 0.4) is 0 Å². The maximum Gasteiger partial charge on any atom is 0.122 e. The van der Waals surface area contributed by atoms with Gasteiger partial charge in [0, 0.05) is 9.50 Å². The Morgan fingerprint density at radius 1 is 1.40 bits per heavy atom. The van der Waals surface area contributed by atoms with Crippen molar-refractivity contribution in [3.63, 3.8) is 0 Å². The summed E-state index contributed by atoms with van der Waals surface area (Å²) in [7, 11) is 0. The van der Waals surface area contributed by atoms with Crippen molar-refractivity contribution in [3.8, 4) is 5.75 Å². The number of nitrogens with two attached hydrogens (primary N) is 1. The van der Waals surface area contributed by atoms with E-state index in [9.17, 15) is 0 Å². The van der Waals surface area contributed by atoms with Crippen LogP contribution in [-0.4, -0.2) is 12.1 Å². The monoisotopic (exact) mass is 311 g/mol. The van der Waals surface area contributed by atoms with Gasteiger partial charge in [0.05, 0.1) is 5.54 Å². The zero-order chi connectivity index (χ0) is 10.2. The van der Waals surface area contributed by atoms with E-state index < -0.39 is 0 Å². The molecule has 0 bridgehead atoms. The van der Waals surface area contributed by atoms with Crippen LogP contribution in [0.5, 0.6) is 5.75 Å². The summed E-state index contributed by atoms with van der Waals surface area (Å²) in [6.07, 6.45) is 2.10. The van der Waals surface area contributed by atoms with Crippen LogP contribution in [0, 0.1) is 0 Å². The first kappa shape index (κ1) is 13.1. The Bertz CT molecular complexity index is 335. The fraction of sp³-hybridized carbons (Fsp3) is 0.400. The number of hydrogen-bond donors (Lipinski definition) is 1. The molecule has 0 spiro atoms. The van der Waals surface area contributed by atoms with Gasteiger partial charge in [0.15, 0.2) is 0 Å². The molecule has 84 valence electrons. The molecule has 0 heterocycles. The molecule has 0 unspecified atom stereocenters. The normalized spacial score (nSPS) is 16.7. The van der Waals surface area contributed by atoms with Gasteiger partial charge in [-0.05, 0) is 31.0 Å². The fourth-order valence-electron chi connectivity index (χ4n) is 1.14. The van der Waals surface area contributed by atoms with Crippen LogP contribution in [-0.2, 0) is 0 Å². The van der Waals surface area contributed by atoms with E-state index in [4.69, 9.17) is 22.1 Å². The average molecular weight is 313 g/mol. The molecule has 0 atom stereocenters. The van der Waals surface area contributed by atoms with E-state index >= 15 is 0 Å². The Morgan fingerprint density at radius 2 is 2.07 bits per heavy atom. The maximum absolute atomic E-state index is 5.90. The molecular formula is C10H12BrCl2NO. The van der Waals surface area contributed by atoms with Gasteiger partial charge in [-0.2, -0.15) is 0 Å². The van der Waals surface area contributed by atoms with Crippen molar-refractivity contribution in [2.75, 3.05) is 6.61 Å². The summed E-state index contributed by atoms with van der Waals surface area (Å²) in [5.74, 6) is 0.765. The largest absolute Gasteiger partial charge is 0.492 e. The minimum atomic E-state index is -0.0885. The maximum atomic E-state index is 5.90. The Kier molecular flexibility index (Phi) is 4.29. The van der Waals surface area contributed by atoms with Gasteiger partial charge in [-0.3, -0.25) is 0 Å². The van der Waals surface area contributed by atoms with Gasteiger partial charge < -0.3 is 10.5 Å². The summed E-state index contributed by atoms with van der Waals surface area (Å²) in [6.45, 7) is 0.569. The van der Waals surface area contributed by atoms with Gasteiger partial charge in [-0.25, -0.2) is 0 Å². The number of hydrogen-bond acceptors (Lipinski definition) is 2. The first-order valence-electron chi connectivity index (χ1n) is 4.45. The van der Waals surface area contributed by atoms with Crippen LogP contribution < -0.4 is 10.5 Å². The minimum absolute atomic E-state index is 0. The molecule has 0 aromatic heterocycles. The van der Waals surface area contributed by atoms with E-state index in [2.05, 4.69) is 15.9 Å². The second kappa shape index (κ2) is 4.91. The summed E-state index contributed by atoms with van der Waals surface area (Å²) >= 11 is 9.23. The molecule has 1 fully saturated rings. The molecule has 1 aliphatic rings. The van der Waals surface area contributed by atoms with E-state index in [1.54, 1.807) is 6.07 Å². The van der Waals surface area contributed by atoms with Crippen molar-refractivity contribution >= 4 is 39.9 Å². The summed E-state index contributed by atoms with van der Waals surface area (Å²) < 4.78 is 6.47. The fourth-order valence-corrected chi connectivity index (χ4v) is 1.97. The minimum Gasteiger partial charge on any atom is -0.492 e. The predicted molar refractivity (Wildman–Crippen MR) is 68.0 cm³/mol. The topological polar surface area (TPSA) is 35.2 Å². The van der Waals surface area contributed by atoms with Crippen molar-refractivity contribution in [2.24, 2.45) is 5.73 Å². The lowest BCUT2D eigenvalue weighted by molar-refractivity contribution is 0.279.